The van der Waals surface area contributed by atoms with E-state index in [-0.39, 0.29) is 5.92 Å². The number of nitrogens with zero attached hydrogens (tertiary/aromatic N) is 2. The molecule has 1 aromatic carbocycles. The number of nitrogens with one attached hydrogen (secondary N) is 1. The smallest absolute Gasteiger partial charge is 0.287 e. The van der Waals surface area contributed by atoms with Crippen LogP contribution < -0.4 is 5.09 Å². The van der Waals surface area contributed by atoms with Crippen molar-refractivity contribution in [2.45, 2.75) is 20.3 Å². The van der Waals surface area contributed by atoms with E-state index in [9.17, 15) is 4.57 Å². The summed E-state index contributed by atoms with van der Waals surface area (Å²) in [5.74, 6) is 0.926. The van der Waals surface area contributed by atoms with Crippen molar-refractivity contribution >= 4 is 30.4 Å². The van der Waals surface area contributed by atoms with Crippen molar-refractivity contribution in [3.05, 3.63) is 43.0 Å². The Balaban J connectivity index is 3.31. The van der Waals surface area contributed by atoms with Gasteiger partial charge in [-0.25, -0.2) is 10.1 Å². The quantitative estimate of drug-likeness (QED) is 0.255. The molecule has 21 heavy (non-hydrogen) atoms. The molecule has 1 N–H and O–H groups in total. The first-order valence-corrected chi connectivity index (χ1v) is 9.81. The van der Waals surface area contributed by atoms with Crippen LogP contribution in [0.1, 0.15) is 20.3 Å². The predicted octanol–water partition coefficient (Wildman–Crippen LogP) is 4.51. The summed E-state index contributed by atoms with van der Waals surface area (Å²) in [6.45, 7) is 5.34. The maximum absolute atomic E-state index is 12.7. The topological polar surface area (TPSA) is 44.7 Å². The van der Waals surface area contributed by atoms with E-state index in [2.05, 4.69) is 37.8 Å². The normalized spacial score (nSPS) is 16.1. The highest BCUT2D eigenvalue weighted by molar-refractivity contribution is 8.46. The van der Waals surface area contributed by atoms with Crippen molar-refractivity contribution in [1.82, 2.24) is 9.76 Å². The minimum absolute atomic E-state index is 0.166. The van der Waals surface area contributed by atoms with E-state index in [0.717, 1.165) is 17.9 Å². The van der Waals surface area contributed by atoms with Gasteiger partial charge in [0, 0.05) is 12.5 Å². The van der Waals surface area contributed by atoms with E-state index in [1.807, 2.05) is 30.3 Å². The molecular formula is C15H24N3OPS. The van der Waals surface area contributed by atoms with Crippen LogP contribution in [0.2, 0.25) is 0 Å². The van der Waals surface area contributed by atoms with Gasteiger partial charge in [-0.1, -0.05) is 50.4 Å². The molecule has 0 saturated heterocycles. The van der Waals surface area contributed by atoms with E-state index in [1.165, 1.54) is 0 Å². The molecule has 6 heteroatoms. The molecule has 0 aliphatic carbocycles. The lowest BCUT2D eigenvalue weighted by Crippen LogP contribution is -2.34. The number of thiol groups is 1. The third-order valence-electron chi connectivity index (χ3n) is 3.24. The molecule has 0 fully saturated rings. The third-order valence-corrected chi connectivity index (χ3v) is 6.09. The van der Waals surface area contributed by atoms with Crippen LogP contribution in [0.15, 0.2) is 48.0 Å². The molecule has 0 aromatic heterocycles. The zero-order valence-corrected chi connectivity index (χ0v) is 14.6. The second-order valence-electron chi connectivity index (χ2n) is 4.75. The van der Waals surface area contributed by atoms with E-state index in [0.29, 0.717) is 6.54 Å². The largest absolute Gasteiger partial charge is 0.290 e. The molecule has 0 amide bonds. The number of hydrogen-bond donors (Lipinski definition) is 2. The zero-order valence-electron chi connectivity index (χ0n) is 12.9. The molecule has 1 aromatic rings. The first kappa shape index (κ1) is 18.0. The molecule has 0 spiro atoms. The minimum atomic E-state index is -2.98. The van der Waals surface area contributed by atoms with Gasteiger partial charge in [-0.05, 0) is 25.6 Å². The molecular weight excluding hydrogens is 301 g/mol. The summed E-state index contributed by atoms with van der Waals surface area (Å²) >= 11 is 4.30. The molecule has 2 atom stereocenters. The number of rotatable bonds is 7. The van der Waals surface area contributed by atoms with Crippen molar-refractivity contribution in [2.75, 3.05) is 13.6 Å². The van der Waals surface area contributed by atoms with Gasteiger partial charge in [-0.3, -0.25) is 9.24 Å². The Bertz CT molecular complexity index is 533. The molecule has 116 valence electrons. The van der Waals surface area contributed by atoms with Crippen LogP contribution in [-0.2, 0) is 4.57 Å². The molecule has 1 rings (SSSR count). The van der Waals surface area contributed by atoms with Gasteiger partial charge in [0.05, 0.1) is 5.69 Å². The molecule has 0 radical (unpaired) electrons. The summed E-state index contributed by atoms with van der Waals surface area (Å²) in [4.78, 5) is 4.70. The number of benzene rings is 1. The number of para-hydroxylation sites is 1. The average molecular weight is 325 g/mol. The van der Waals surface area contributed by atoms with Crippen LogP contribution in [0.25, 0.3) is 0 Å². The van der Waals surface area contributed by atoms with Crippen molar-refractivity contribution in [3.63, 3.8) is 0 Å². The lowest BCUT2D eigenvalue weighted by molar-refractivity contribution is 0.524. The monoisotopic (exact) mass is 325 g/mol. The Morgan fingerprint density at radius 1 is 1.52 bits per heavy atom. The summed E-state index contributed by atoms with van der Waals surface area (Å²) in [7, 11) is 1.64. The van der Waals surface area contributed by atoms with Gasteiger partial charge in [0.2, 0.25) is 0 Å². The van der Waals surface area contributed by atoms with Gasteiger partial charge in [0.1, 0.15) is 5.84 Å². The highest BCUT2D eigenvalue weighted by atomic mass is 32.7. The highest BCUT2D eigenvalue weighted by Crippen LogP contribution is 2.50. The highest BCUT2D eigenvalue weighted by Gasteiger charge is 2.29. The van der Waals surface area contributed by atoms with Crippen molar-refractivity contribution in [2.24, 2.45) is 10.9 Å². The molecule has 0 saturated carbocycles. The summed E-state index contributed by atoms with van der Waals surface area (Å²) in [5, 5.41) is 2.79. The first-order valence-electron chi connectivity index (χ1n) is 7.00. The van der Waals surface area contributed by atoms with Gasteiger partial charge < -0.3 is 0 Å². The van der Waals surface area contributed by atoms with Crippen molar-refractivity contribution in [3.8, 4) is 0 Å². The van der Waals surface area contributed by atoms with E-state index in [4.69, 9.17) is 4.99 Å². The number of amidine groups is 1. The zero-order chi connectivity index (χ0) is 15.9. The molecule has 0 heterocycles. The summed E-state index contributed by atoms with van der Waals surface area (Å²) < 4.78 is 14.4. The first-order chi connectivity index (χ1) is 9.96. The molecule has 1 unspecified atom stereocenters. The van der Waals surface area contributed by atoms with Crippen molar-refractivity contribution in [1.29, 1.82) is 0 Å². The van der Waals surface area contributed by atoms with Gasteiger partial charge in [-0.15, -0.1) is 6.58 Å². The number of aliphatic imine (C=N–C) groups is 1. The van der Waals surface area contributed by atoms with E-state index < -0.39 is 6.65 Å². The van der Waals surface area contributed by atoms with E-state index >= 15 is 0 Å². The fraction of sp³-hybridized carbons (Fsp3) is 0.400. The fourth-order valence-electron chi connectivity index (χ4n) is 1.83. The fourth-order valence-corrected chi connectivity index (χ4v) is 3.42. The van der Waals surface area contributed by atoms with Crippen LogP contribution in [0, 0.1) is 5.92 Å². The predicted molar refractivity (Wildman–Crippen MR) is 95.5 cm³/mol. The Morgan fingerprint density at radius 2 is 2.14 bits per heavy atom. The molecule has 4 nitrogen and oxygen atoms in total. The Morgan fingerprint density at radius 3 is 2.62 bits per heavy atom. The minimum Gasteiger partial charge on any atom is -0.287 e. The van der Waals surface area contributed by atoms with Gasteiger partial charge >= 0.3 is 0 Å². The molecule has 0 bridgehead atoms. The lowest BCUT2D eigenvalue weighted by Gasteiger charge is -2.32. The maximum Gasteiger partial charge on any atom is 0.290 e. The summed E-state index contributed by atoms with van der Waals surface area (Å²) in [6, 6.07) is 9.67. The SMILES string of the molecule is C=CCN(C(=Nc1ccccc1)[C@@H](C)CC)P(=O)(S)NC. The Labute approximate surface area is 133 Å². The maximum atomic E-state index is 12.7. The molecule has 0 aliphatic rings. The van der Waals surface area contributed by atoms with Crippen molar-refractivity contribution < 1.29 is 4.57 Å². The Kier molecular flexibility index (Phi) is 7.23. The second kappa shape index (κ2) is 8.42. The number of hydrogen-bond acceptors (Lipinski definition) is 2. The third kappa shape index (κ3) is 5.03. The lowest BCUT2D eigenvalue weighted by atomic mass is 10.1. The van der Waals surface area contributed by atoms with Gasteiger partial charge in [0.25, 0.3) is 6.65 Å². The van der Waals surface area contributed by atoms with Crippen LogP contribution in [0.5, 0.6) is 0 Å². The molecule has 0 aliphatic heterocycles. The van der Waals surface area contributed by atoms with Gasteiger partial charge in [0.15, 0.2) is 0 Å². The van der Waals surface area contributed by atoms with Crippen LogP contribution in [0.4, 0.5) is 5.69 Å². The van der Waals surface area contributed by atoms with Crippen LogP contribution >= 0.6 is 18.9 Å². The summed E-state index contributed by atoms with van der Waals surface area (Å²) in [6.07, 6.45) is 2.61. The Hall–Kier alpha value is -1.03. The van der Waals surface area contributed by atoms with Gasteiger partial charge in [-0.2, -0.15) is 0 Å². The summed E-state index contributed by atoms with van der Waals surface area (Å²) in [5.41, 5.74) is 0.839. The van der Waals surface area contributed by atoms with E-state index in [1.54, 1.807) is 17.8 Å². The standard InChI is InChI=1S/C15H24N3OPS/c1-5-12-18(20(19,21)16-4)15(13(3)6-2)17-14-10-8-7-9-11-14/h5,7-11,13H,1,6,12H2,2-4H3,(H2,16,19,21)/t13-,20?/m0/s1. The van der Waals surface area contributed by atoms with Crippen LogP contribution in [-0.4, -0.2) is 24.1 Å². The average Bonchev–Trinajstić information content (AvgIpc) is 2.50. The second-order valence-corrected chi connectivity index (χ2v) is 8.40. The van der Waals surface area contributed by atoms with Crippen LogP contribution in [0.3, 0.4) is 0 Å².